The first-order valence-corrected chi connectivity index (χ1v) is 11.3. The number of alkyl halides is 3. The second kappa shape index (κ2) is 7.94. The van der Waals surface area contributed by atoms with E-state index in [1.807, 2.05) is 0 Å². The summed E-state index contributed by atoms with van der Waals surface area (Å²) in [6.45, 7) is 0. The van der Waals surface area contributed by atoms with Gasteiger partial charge in [0.2, 0.25) is 0 Å². The summed E-state index contributed by atoms with van der Waals surface area (Å²) in [6, 6.07) is 0.438. The molecule has 3 aromatic rings. The Morgan fingerprint density at radius 2 is 2.09 bits per heavy atom. The zero-order valence-corrected chi connectivity index (χ0v) is 18.1. The van der Waals surface area contributed by atoms with Gasteiger partial charge in [-0.3, -0.25) is 9.59 Å². The lowest BCUT2D eigenvalue weighted by Crippen LogP contribution is -2.36. The minimum Gasteiger partial charge on any atom is -0.467 e. The molecule has 0 aromatic carbocycles. The first kappa shape index (κ1) is 21.6. The number of rotatable bonds is 4. The van der Waals surface area contributed by atoms with Crippen molar-refractivity contribution in [3.8, 4) is 0 Å². The molecular formula is C21H20F3N5O3S. The number of nitrogens with two attached hydrogens (primary N) is 1. The molecule has 0 bridgehead atoms. The van der Waals surface area contributed by atoms with E-state index >= 15 is 0 Å². The van der Waals surface area contributed by atoms with Crippen molar-refractivity contribution in [1.82, 2.24) is 9.78 Å². The SMILES string of the molecule is NC(=O)c1c(NC(=O)c2cnn3c2N[C@H](c2ccco2)C[C@H]3C(F)(F)F)sc2c1CCCC2. The lowest BCUT2D eigenvalue weighted by molar-refractivity contribution is -0.174. The molecule has 33 heavy (non-hydrogen) atoms. The minimum atomic E-state index is -4.58. The molecule has 3 aromatic heterocycles. The molecule has 4 N–H and O–H groups in total. The standard InChI is InChI=1S/C21H20F3N5O3S/c22-21(23,24)15-8-12(13-5-3-7-32-13)27-18-11(9-26-29(15)18)19(31)28-20-16(17(25)30)10-4-1-2-6-14(10)33-20/h3,5,7,9,12,15,27H,1-2,4,6,8H2,(H2,25,30)(H,28,31)/t12-,15-/m0/s1. The van der Waals surface area contributed by atoms with E-state index < -0.39 is 30.1 Å². The molecule has 0 saturated carbocycles. The average molecular weight is 479 g/mol. The van der Waals surface area contributed by atoms with E-state index in [9.17, 15) is 22.8 Å². The molecule has 2 aliphatic rings. The van der Waals surface area contributed by atoms with Crippen LogP contribution in [-0.4, -0.2) is 27.8 Å². The molecule has 1 aliphatic heterocycles. The van der Waals surface area contributed by atoms with Crippen molar-refractivity contribution in [3.63, 3.8) is 0 Å². The van der Waals surface area contributed by atoms with Gasteiger partial charge in [-0.05, 0) is 43.4 Å². The summed E-state index contributed by atoms with van der Waals surface area (Å²) in [5, 5.41) is 9.82. The van der Waals surface area contributed by atoms with Crippen LogP contribution in [0.3, 0.4) is 0 Å². The summed E-state index contributed by atoms with van der Waals surface area (Å²) in [6.07, 6.45) is 0.949. The summed E-state index contributed by atoms with van der Waals surface area (Å²) in [7, 11) is 0. The van der Waals surface area contributed by atoms with E-state index in [1.54, 1.807) is 12.1 Å². The van der Waals surface area contributed by atoms with Crippen LogP contribution in [0.4, 0.5) is 24.0 Å². The molecule has 0 spiro atoms. The van der Waals surface area contributed by atoms with E-state index in [2.05, 4.69) is 15.7 Å². The third-order valence-corrected chi connectivity index (χ3v) is 7.22. The number of carbonyl (C=O) groups is 2. The van der Waals surface area contributed by atoms with Crippen LogP contribution < -0.4 is 16.4 Å². The second-order valence-corrected chi connectivity index (χ2v) is 9.20. The predicted octanol–water partition coefficient (Wildman–Crippen LogP) is 4.43. The van der Waals surface area contributed by atoms with E-state index in [4.69, 9.17) is 10.2 Å². The number of hydrogen-bond donors (Lipinski definition) is 3. The number of aryl methyl sites for hydroxylation is 1. The van der Waals surface area contributed by atoms with Gasteiger partial charge in [-0.15, -0.1) is 11.3 Å². The lowest BCUT2D eigenvalue weighted by Gasteiger charge is -2.32. The molecule has 0 fully saturated rings. The van der Waals surface area contributed by atoms with Crippen molar-refractivity contribution in [3.05, 3.63) is 51.9 Å². The van der Waals surface area contributed by atoms with Gasteiger partial charge >= 0.3 is 6.18 Å². The van der Waals surface area contributed by atoms with Crippen LogP contribution >= 0.6 is 11.3 Å². The lowest BCUT2D eigenvalue weighted by atomic mass is 9.95. The molecule has 8 nitrogen and oxygen atoms in total. The highest BCUT2D eigenvalue weighted by molar-refractivity contribution is 7.17. The molecule has 12 heteroatoms. The van der Waals surface area contributed by atoms with Crippen molar-refractivity contribution < 1.29 is 27.2 Å². The Hall–Kier alpha value is -3.28. The number of nitrogens with zero attached hydrogens (tertiary/aromatic N) is 2. The zero-order valence-electron chi connectivity index (χ0n) is 17.2. The maximum atomic E-state index is 13.8. The van der Waals surface area contributed by atoms with E-state index in [-0.39, 0.29) is 23.4 Å². The molecule has 2 amide bonds. The first-order valence-electron chi connectivity index (χ1n) is 10.4. The van der Waals surface area contributed by atoms with Crippen molar-refractivity contribution in [2.24, 2.45) is 5.73 Å². The Morgan fingerprint density at radius 3 is 2.79 bits per heavy atom. The third-order valence-electron chi connectivity index (χ3n) is 6.01. The van der Waals surface area contributed by atoms with E-state index in [0.717, 1.165) is 40.6 Å². The molecule has 1 aliphatic carbocycles. The molecule has 0 saturated heterocycles. The highest BCUT2D eigenvalue weighted by Crippen LogP contribution is 2.45. The van der Waals surface area contributed by atoms with Gasteiger partial charge in [0.25, 0.3) is 11.8 Å². The average Bonchev–Trinajstić information content (AvgIpc) is 3.49. The normalized spacial score (nSPS) is 20.0. The fourth-order valence-corrected chi connectivity index (χ4v) is 5.78. The van der Waals surface area contributed by atoms with Crippen LogP contribution in [0.1, 0.15) is 68.3 Å². The van der Waals surface area contributed by atoms with Crippen LogP contribution in [0.25, 0.3) is 0 Å². The predicted molar refractivity (Wildman–Crippen MR) is 114 cm³/mol. The van der Waals surface area contributed by atoms with Gasteiger partial charge in [0.05, 0.1) is 24.1 Å². The highest BCUT2D eigenvalue weighted by atomic mass is 32.1. The second-order valence-electron chi connectivity index (χ2n) is 8.09. The fourth-order valence-electron chi connectivity index (χ4n) is 4.49. The van der Waals surface area contributed by atoms with Crippen LogP contribution in [0.15, 0.2) is 29.0 Å². The fraction of sp³-hybridized carbons (Fsp3) is 0.381. The monoisotopic (exact) mass is 479 g/mol. The number of fused-ring (bicyclic) bond motifs is 2. The smallest absolute Gasteiger partial charge is 0.410 e. The number of anilines is 2. The molecule has 174 valence electrons. The Labute approximate surface area is 189 Å². The van der Waals surface area contributed by atoms with Gasteiger partial charge in [0.1, 0.15) is 22.1 Å². The summed E-state index contributed by atoms with van der Waals surface area (Å²) >= 11 is 1.28. The van der Waals surface area contributed by atoms with Gasteiger partial charge in [-0.1, -0.05) is 0 Å². The molecule has 5 rings (SSSR count). The van der Waals surface area contributed by atoms with E-state index in [0.29, 0.717) is 17.2 Å². The summed E-state index contributed by atoms with van der Waals surface area (Å²) < 4.78 is 47.5. The van der Waals surface area contributed by atoms with Crippen LogP contribution in [0, 0.1) is 0 Å². The van der Waals surface area contributed by atoms with Crippen LogP contribution in [-0.2, 0) is 12.8 Å². The number of halogens is 3. The number of furan rings is 1. The molecule has 2 atom stereocenters. The number of aromatic nitrogens is 2. The molecular weight excluding hydrogens is 459 g/mol. The van der Waals surface area contributed by atoms with Gasteiger partial charge < -0.3 is 20.8 Å². The Morgan fingerprint density at radius 1 is 1.30 bits per heavy atom. The Bertz CT molecular complexity index is 1210. The zero-order chi connectivity index (χ0) is 23.3. The van der Waals surface area contributed by atoms with Crippen molar-refractivity contribution in [2.45, 2.75) is 50.4 Å². The quantitative estimate of drug-likeness (QED) is 0.512. The van der Waals surface area contributed by atoms with Crippen LogP contribution in [0.2, 0.25) is 0 Å². The number of nitrogens with one attached hydrogen (secondary N) is 2. The van der Waals surface area contributed by atoms with Crippen molar-refractivity contribution >= 4 is 34.0 Å². The third kappa shape index (κ3) is 3.77. The first-order chi connectivity index (χ1) is 15.7. The summed E-state index contributed by atoms with van der Waals surface area (Å²) in [5.74, 6) is -1.06. The Balaban J connectivity index is 1.50. The van der Waals surface area contributed by atoms with Gasteiger partial charge in [0.15, 0.2) is 6.04 Å². The number of hydrogen-bond acceptors (Lipinski definition) is 6. The van der Waals surface area contributed by atoms with Gasteiger partial charge in [0, 0.05) is 11.3 Å². The van der Waals surface area contributed by atoms with Gasteiger partial charge in [-0.25, -0.2) is 4.68 Å². The number of amides is 2. The maximum absolute atomic E-state index is 13.8. The summed E-state index contributed by atoms with van der Waals surface area (Å²) in [5.41, 5.74) is 6.63. The molecule has 0 radical (unpaired) electrons. The maximum Gasteiger partial charge on any atom is 0.410 e. The largest absolute Gasteiger partial charge is 0.467 e. The van der Waals surface area contributed by atoms with Crippen molar-refractivity contribution in [1.29, 1.82) is 0 Å². The van der Waals surface area contributed by atoms with Crippen LogP contribution in [0.5, 0.6) is 0 Å². The minimum absolute atomic E-state index is 0.0654. The number of primary amides is 1. The number of carbonyl (C=O) groups excluding carboxylic acids is 2. The summed E-state index contributed by atoms with van der Waals surface area (Å²) in [4.78, 5) is 26.2. The molecule has 0 unspecified atom stereocenters. The van der Waals surface area contributed by atoms with Crippen molar-refractivity contribution in [2.75, 3.05) is 10.6 Å². The topological polar surface area (TPSA) is 115 Å². The van der Waals surface area contributed by atoms with E-state index in [1.165, 1.54) is 17.6 Å². The highest BCUT2D eigenvalue weighted by Gasteiger charge is 2.47. The van der Waals surface area contributed by atoms with Gasteiger partial charge in [-0.2, -0.15) is 18.3 Å². The number of thiophene rings is 1. The molecule has 4 heterocycles. The Kier molecular flexibility index (Phi) is 5.19.